The minimum atomic E-state index is -0.739. The zero-order valence-corrected chi connectivity index (χ0v) is 16.6. The molecule has 0 spiro atoms. The van der Waals surface area contributed by atoms with Gasteiger partial charge in [-0.2, -0.15) is 0 Å². The van der Waals surface area contributed by atoms with Crippen molar-refractivity contribution in [2.45, 2.75) is 40.7 Å². The third-order valence-corrected chi connectivity index (χ3v) is 5.04. The molecular formula is C23H27NO3. The van der Waals surface area contributed by atoms with E-state index in [1.54, 1.807) is 12.1 Å². The summed E-state index contributed by atoms with van der Waals surface area (Å²) < 4.78 is 6.04. The standard InChI is InChI=1S/C23H27NO3/c1-22(2,3)21-20(27-14-23(21,4)5)16-11-12-17(18(25)13-16)19(24-26)15-9-7-6-8-10-15/h6-13,19,25H,14H2,1-5H3. The molecule has 0 saturated heterocycles. The average molecular weight is 365 g/mol. The first-order chi connectivity index (χ1) is 12.6. The molecule has 1 aliphatic rings. The van der Waals surface area contributed by atoms with Crippen LogP contribution in [0.25, 0.3) is 5.76 Å². The Morgan fingerprint density at radius 3 is 2.33 bits per heavy atom. The number of ether oxygens (including phenoxy) is 1. The maximum atomic E-state index is 11.5. The lowest BCUT2D eigenvalue weighted by Gasteiger charge is -2.30. The number of hydrogen-bond acceptors (Lipinski definition) is 4. The van der Waals surface area contributed by atoms with Crippen LogP contribution in [0.2, 0.25) is 0 Å². The molecule has 2 aromatic rings. The van der Waals surface area contributed by atoms with Crippen LogP contribution in [0.5, 0.6) is 5.75 Å². The van der Waals surface area contributed by atoms with Gasteiger partial charge in [0.2, 0.25) is 0 Å². The first-order valence-electron chi connectivity index (χ1n) is 9.24. The van der Waals surface area contributed by atoms with E-state index < -0.39 is 6.04 Å². The SMILES string of the molecule is CC(C)(C)C1=C(c2ccc(C(N=O)c3ccccc3)c(O)c2)OCC1(C)C. The number of phenols is 1. The third kappa shape index (κ3) is 3.61. The molecule has 1 aliphatic heterocycles. The Morgan fingerprint density at radius 1 is 1.11 bits per heavy atom. The predicted octanol–water partition coefficient (Wildman–Crippen LogP) is 6.06. The Bertz CT molecular complexity index is 876. The molecule has 4 nitrogen and oxygen atoms in total. The van der Waals surface area contributed by atoms with Gasteiger partial charge in [-0.15, -0.1) is 4.91 Å². The molecule has 1 N–H and O–H groups in total. The summed E-state index contributed by atoms with van der Waals surface area (Å²) in [5.74, 6) is 0.875. The number of nitroso groups, excluding NO2 is 1. The summed E-state index contributed by atoms with van der Waals surface area (Å²) in [6.07, 6.45) is 0. The van der Waals surface area contributed by atoms with Crippen LogP contribution in [-0.4, -0.2) is 11.7 Å². The van der Waals surface area contributed by atoms with Gasteiger partial charge in [-0.3, -0.25) is 0 Å². The topological polar surface area (TPSA) is 58.9 Å². The van der Waals surface area contributed by atoms with Crippen LogP contribution in [-0.2, 0) is 4.74 Å². The molecule has 1 heterocycles. The molecule has 0 aromatic heterocycles. The van der Waals surface area contributed by atoms with Gasteiger partial charge in [0.05, 0.1) is 6.61 Å². The summed E-state index contributed by atoms with van der Waals surface area (Å²) in [5.41, 5.74) is 3.18. The molecule has 142 valence electrons. The van der Waals surface area contributed by atoms with Crippen LogP contribution in [0.3, 0.4) is 0 Å². The fraction of sp³-hybridized carbons (Fsp3) is 0.391. The van der Waals surface area contributed by atoms with E-state index in [1.165, 1.54) is 5.57 Å². The van der Waals surface area contributed by atoms with Crippen LogP contribution in [0.1, 0.15) is 57.4 Å². The van der Waals surface area contributed by atoms with E-state index in [-0.39, 0.29) is 16.6 Å². The molecule has 0 radical (unpaired) electrons. The van der Waals surface area contributed by atoms with Gasteiger partial charge >= 0.3 is 0 Å². The summed E-state index contributed by atoms with van der Waals surface area (Å²) in [5, 5.41) is 13.9. The highest BCUT2D eigenvalue weighted by atomic mass is 16.5. The molecule has 0 aliphatic carbocycles. The highest BCUT2D eigenvalue weighted by Gasteiger charge is 2.41. The summed E-state index contributed by atoms with van der Waals surface area (Å²) in [6.45, 7) is 11.5. The molecule has 1 atom stereocenters. The fourth-order valence-corrected chi connectivity index (χ4v) is 4.14. The molecule has 4 heteroatoms. The number of nitrogens with zero attached hydrogens (tertiary/aromatic N) is 1. The second kappa shape index (κ2) is 6.84. The van der Waals surface area contributed by atoms with Crippen molar-refractivity contribution in [2.24, 2.45) is 16.0 Å². The Labute approximate surface area is 160 Å². The zero-order chi connectivity index (χ0) is 19.8. The first kappa shape index (κ1) is 19.2. The second-order valence-electron chi connectivity index (χ2n) is 8.82. The van der Waals surface area contributed by atoms with E-state index in [4.69, 9.17) is 4.74 Å². The molecule has 0 amide bonds. The van der Waals surface area contributed by atoms with Gasteiger partial charge in [-0.1, -0.05) is 82.3 Å². The number of benzene rings is 2. The highest BCUT2D eigenvalue weighted by Crippen LogP contribution is 2.50. The van der Waals surface area contributed by atoms with Crippen LogP contribution in [0, 0.1) is 15.7 Å². The number of phenolic OH excluding ortho intramolecular Hbond substituents is 1. The van der Waals surface area contributed by atoms with Crippen molar-refractivity contribution >= 4 is 5.76 Å². The van der Waals surface area contributed by atoms with Crippen LogP contribution in [0.15, 0.2) is 59.3 Å². The van der Waals surface area contributed by atoms with Crippen LogP contribution >= 0.6 is 0 Å². The van der Waals surface area contributed by atoms with Gasteiger partial charge in [-0.05, 0) is 22.6 Å². The lowest BCUT2D eigenvalue weighted by atomic mass is 9.71. The zero-order valence-electron chi connectivity index (χ0n) is 16.6. The third-order valence-electron chi connectivity index (χ3n) is 5.04. The van der Waals surface area contributed by atoms with Crippen molar-refractivity contribution in [1.29, 1.82) is 0 Å². The van der Waals surface area contributed by atoms with Crippen molar-refractivity contribution in [3.05, 3.63) is 75.7 Å². The van der Waals surface area contributed by atoms with Gasteiger partial charge in [0.1, 0.15) is 17.6 Å². The largest absolute Gasteiger partial charge is 0.508 e. The van der Waals surface area contributed by atoms with E-state index in [9.17, 15) is 10.0 Å². The van der Waals surface area contributed by atoms with Gasteiger partial charge in [0.15, 0.2) is 0 Å². The summed E-state index contributed by atoms with van der Waals surface area (Å²) in [6, 6.07) is 13.9. The summed E-state index contributed by atoms with van der Waals surface area (Å²) in [7, 11) is 0. The highest BCUT2D eigenvalue weighted by molar-refractivity contribution is 5.69. The molecule has 0 bridgehead atoms. The lowest BCUT2D eigenvalue weighted by molar-refractivity contribution is 0.213. The molecule has 0 saturated carbocycles. The van der Waals surface area contributed by atoms with Crippen molar-refractivity contribution < 1.29 is 9.84 Å². The Hall–Kier alpha value is -2.62. The number of aromatic hydroxyl groups is 1. The van der Waals surface area contributed by atoms with Gasteiger partial charge in [0, 0.05) is 16.5 Å². The van der Waals surface area contributed by atoms with Crippen LogP contribution in [0.4, 0.5) is 0 Å². The van der Waals surface area contributed by atoms with Crippen LogP contribution < -0.4 is 0 Å². The van der Waals surface area contributed by atoms with Gasteiger partial charge in [-0.25, -0.2) is 0 Å². The maximum Gasteiger partial charge on any atom is 0.145 e. The molecular weight excluding hydrogens is 338 g/mol. The fourth-order valence-electron chi connectivity index (χ4n) is 4.14. The maximum absolute atomic E-state index is 11.5. The molecule has 27 heavy (non-hydrogen) atoms. The molecule has 3 rings (SSSR count). The van der Waals surface area contributed by atoms with Gasteiger partial charge < -0.3 is 9.84 Å². The minimum Gasteiger partial charge on any atom is -0.508 e. The summed E-state index contributed by atoms with van der Waals surface area (Å²) >= 11 is 0. The number of rotatable bonds is 4. The van der Waals surface area contributed by atoms with Gasteiger partial charge in [0.25, 0.3) is 0 Å². The normalized spacial score (nSPS) is 17.5. The van der Waals surface area contributed by atoms with E-state index in [2.05, 4.69) is 39.8 Å². The first-order valence-corrected chi connectivity index (χ1v) is 9.24. The Morgan fingerprint density at radius 2 is 1.78 bits per heavy atom. The molecule has 0 fully saturated rings. The minimum absolute atomic E-state index is 0.0509. The Balaban J connectivity index is 2.06. The summed E-state index contributed by atoms with van der Waals surface area (Å²) in [4.78, 5) is 11.5. The molecule has 2 aromatic carbocycles. The van der Waals surface area contributed by atoms with E-state index in [0.717, 1.165) is 16.9 Å². The van der Waals surface area contributed by atoms with Crippen molar-refractivity contribution in [2.75, 3.05) is 6.61 Å². The molecule has 1 unspecified atom stereocenters. The van der Waals surface area contributed by atoms with Crippen molar-refractivity contribution in [1.82, 2.24) is 0 Å². The lowest BCUT2D eigenvalue weighted by Crippen LogP contribution is -2.24. The smallest absolute Gasteiger partial charge is 0.145 e. The Kier molecular flexibility index (Phi) is 4.85. The van der Waals surface area contributed by atoms with Crippen molar-refractivity contribution in [3.63, 3.8) is 0 Å². The quantitative estimate of drug-likeness (QED) is 0.670. The second-order valence-corrected chi connectivity index (χ2v) is 8.82. The average Bonchev–Trinajstić information content (AvgIpc) is 2.93. The van der Waals surface area contributed by atoms with E-state index >= 15 is 0 Å². The number of hydrogen-bond donors (Lipinski definition) is 1. The monoisotopic (exact) mass is 365 g/mol. The van der Waals surface area contributed by atoms with E-state index in [1.807, 2.05) is 36.4 Å². The van der Waals surface area contributed by atoms with Crippen molar-refractivity contribution in [3.8, 4) is 5.75 Å². The van der Waals surface area contributed by atoms with E-state index in [0.29, 0.717) is 12.2 Å². The predicted molar refractivity (Wildman–Crippen MR) is 108 cm³/mol.